The summed E-state index contributed by atoms with van der Waals surface area (Å²) in [5.74, 6) is -2.04. The van der Waals surface area contributed by atoms with Crippen molar-refractivity contribution in [2.45, 2.75) is 10.6 Å². The van der Waals surface area contributed by atoms with Crippen LogP contribution in [0.25, 0.3) is 0 Å². The molecule has 7 nitrogen and oxygen atoms in total. The lowest BCUT2D eigenvalue weighted by molar-refractivity contribution is -0.142. The maximum Gasteiger partial charge on any atom is 0.307 e. The molecule has 0 aliphatic heterocycles. The average molecular weight is 401 g/mol. The second-order valence-electron chi connectivity index (χ2n) is 5.01. The van der Waals surface area contributed by atoms with E-state index < -0.39 is 34.2 Å². The summed E-state index contributed by atoms with van der Waals surface area (Å²) in [5, 5.41) is 1.62. The molecule has 0 fully saturated rings. The number of halogens is 1. The van der Waals surface area contributed by atoms with Crippen LogP contribution < -0.4 is 9.46 Å². The molecule has 1 aromatic carbocycles. The molecule has 2 aromatic rings. The summed E-state index contributed by atoms with van der Waals surface area (Å²) in [4.78, 5) is 23.5. The predicted octanol–water partition coefficient (Wildman–Crippen LogP) is 1.99. The lowest BCUT2D eigenvalue weighted by Gasteiger charge is -2.07. The Hall–Kier alpha value is -2.30. The number of hydrogen-bond donors (Lipinski definition) is 1. The van der Waals surface area contributed by atoms with Gasteiger partial charge >= 0.3 is 5.97 Å². The number of ether oxygens (including phenoxy) is 2. The number of carbonyl (C=O) groups excluding carboxylic acids is 2. The normalized spacial score (nSPS) is 11.2. The molecule has 1 N–H and O–H groups in total. The molecule has 0 amide bonds. The van der Waals surface area contributed by atoms with E-state index in [9.17, 15) is 22.4 Å². The number of ketones is 1. The Morgan fingerprint density at radius 2 is 2.04 bits per heavy atom. The van der Waals surface area contributed by atoms with Gasteiger partial charge in [-0.25, -0.2) is 17.5 Å². The number of benzene rings is 1. The first-order valence-electron chi connectivity index (χ1n) is 7.39. The Morgan fingerprint density at radius 1 is 1.27 bits per heavy atom. The van der Waals surface area contributed by atoms with Crippen molar-refractivity contribution in [2.75, 3.05) is 20.3 Å². The van der Waals surface area contributed by atoms with E-state index in [2.05, 4.69) is 4.72 Å². The first-order chi connectivity index (χ1) is 12.3. The fraction of sp³-hybridized carbons (Fsp3) is 0.250. The van der Waals surface area contributed by atoms with Gasteiger partial charge in [0.1, 0.15) is 4.21 Å². The van der Waals surface area contributed by atoms with Crippen molar-refractivity contribution < 1.29 is 31.9 Å². The fourth-order valence-corrected chi connectivity index (χ4v) is 3.99. The second kappa shape index (κ2) is 8.88. The van der Waals surface area contributed by atoms with Crippen LogP contribution in [-0.4, -0.2) is 40.4 Å². The number of methoxy groups -OCH3 is 1. The number of hydrogen-bond acceptors (Lipinski definition) is 7. The number of carbonyl (C=O) groups is 2. The number of sulfonamides is 1. The van der Waals surface area contributed by atoms with E-state index in [0.717, 1.165) is 17.4 Å². The zero-order valence-corrected chi connectivity index (χ0v) is 15.4. The zero-order valence-electron chi connectivity index (χ0n) is 13.7. The van der Waals surface area contributed by atoms with Crippen LogP contribution in [0.15, 0.2) is 39.9 Å². The molecule has 0 atom stereocenters. The molecule has 26 heavy (non-hydrogen) atoms. The third-order valence-corrected chi connectivity index (χ3v) is 6.08. The third-order valence-electron chi connectivity index (χ3n) is 3.22. The largest absolute Gasteiger partial charge is 0.494 e. The molecule has 10 heteroatoms. The molecule has 0 aliphatic rings. The Morgan fingerprint density at radius 3 is 2.65 bits per heavy atom. The number of nitrogens with one attached hydrogen (secondary N) is 1. The molecule has 0 saturated carbocycles. The minimum Gasteiger partial charge on any atom is -0.494 e. The van der Waals surface area contributed by atoms with Crippen molar-refractivity contribution in [1.29, 1.82) is 0 Å². The molecule has 0 aliphatic carbocycles. The molecular weight excluding hydrogens is 385 g/mol. The van der Waals surface area contributed by atoms with Crippen molar-refractivity contribution in [1.82, 2.24) is 4.72 Å². The minimum atomic E-state index is -3.66. The summed E-state index contributed by atoms with van der Waals surface area (Å²) in [6.45, 7) is -0.729. The van der Waals surface area contributed by atoms with Crippen LogP contribution in [0.5, 0.6) is 5.75 Å². The van der Waals surface area contributed by atoms with E-state index in [0.29, 0.717) is 0 Å². The van der Waals surface area contributed by atoms with Crippen LogP contribution in [0.2, 0.25) is 0 Å². The lowest BCUT2D eigenvalue weighted by Crippen LogP contribution is -2.26. The molecule has 1 aromatic heterocycles. The molecule has 0 unspecified atom stereocenters. The van der Waals surface area contributed by atoms with Gasteiger partial charge in [0.05, 0.1) is 13.5 Å². The van der Waals surface area contributed by atoms with Gasteiger partial charge in [-0.3, -0.25) is 9.59 Å². The van der Waals surface area contributed by atoms with Gasteiger partial charge in [-0.05, 0) is 29.6 Å². The van der Waals surface area contributed by atoms with E-state index in [-0.39, 0.29) is 28.5 Å². The highest BCUT2D eigenvalue weighted by Gasteiger charge is 2.16. The first-order valence-corrected chi connectivity index (χ1v) is 9.75. The van der Waals surface area contributed by atoms with E-state index in [1.54, 1.807) is 11.4 Å². The highest BCUT2D eigenvalue weighted by molar-refractivity contribution is 7.91. The Balaban J connectivity index is 1.78. The summed E-state index contributed by atoms with van der Waals surface area (Å²) in [7, 11) is -2.36. The van der Waals surface area contributed by atoms with Crippen LogP contribution in [0, 0.1) is 5.82 Å². The second-order valence-corrected chi connectivity index (χ2v) is 7.95. The van der Waals surface area contributed by atoms with Gasteiger partial charge in [-0.15, -0.1) is 11.3 Å². The van der Waals surface area contributed by atoms with E-state index in [1.807, 2.05) is 0 Å². The van der Waals surface area contributed by atoms with Crippen LogP contribution >= 0.6 is 11.3 Å². The van der Waals surface area contributed by atoms with Crippen molar-refractivity contribution in [3.63, 3.8) is 0 Å². The number of thiophene rings is 1. The van der Waals surface area contributed by atoms with Crippen molar-refractivity contribution in [2.24, 2.45) is 0 Å². The molecule has 0 spiro atoms. The van der Waals surface area contributed by atoms with Crippen LogP contribution in [0.4, 0.5) is 4.39 Å². The monoisotopic (exact) mass is 401 g/mol. The lowest BCUT2D eigenvalue weighted by atomic mass is 10.1. The number of esters is 1. The molecule has 0 saturated heterocycles. The maximum absolute atomic E-state index is 13.6. The van der Waals surface area contributed by atoms with Gasteiger partial charge in [0.25, 0.3) is 0 Å². The molecule has 2 rings (SSSR count). The van der Waals surface area contributed by atoms with E-state index in [1.165, 1.54) is 25.3 Å². The Labute approximate surface area is 153 Å². The smallest absolute Gasteiger partial charge is 0.307 e. The Kier molecular flexibility index (Phi) is 6.83. The average Bonchev–Trinajstić information content (AvgIpc) is 3.15. The standard InChI is InChI=1S/C16H16FNO6S2/c1-23-14-5-4-11(9-12(14)17)13(19)10-24-15(20)6-7-18-26(21,22)16-3-2-8-25-16/h2-5,8-9,18H,6-7,10H2,1H3. The van der Waals surface area contributed by atoms with E-state index >= 15 is 0 Å². The van der Waals surface area contributed by atoms with Crippen LogP contribution in [-0.2, 0) is 19.6 Å². The van der Waals surface area contributed by atoms with Crippen molar-refractivity contribution in [3.05, 3.63) is 47.1 Å². The summed E-state index contributed by atoms with van der Waals surface area (Å²) < 4.78 is 49.2. The molecule has 0 bridgehead atoms. The summed E-state index contributed by atoms with van der Waals surface area (Å²) in [6.07, 6.45) is -0.241. The highest BCUT2D eigenvalue weighted by Crippen LogP contribution is 2.18. The minimum absolute atomic E-state index is 0.00318. The maximum atomic E-state index is 13.6. The quantitative estimate of drug-likeness (QED) is 0.510. The molecule has 140 valence electrons. The van der Waals surface area contributed by atoms with Crippen LogP contribution in [0.1, 0.15) is 16.8 Å². The zero-order chi connectivity index (χ0) is 19.2. The predicted molar refractivity (Wildman–Crippen MR) is 92.4 cm³/mol. The van der Waals surface area contributed by atoms with Gasteiger partial charge in [-0.2, -0.15) is 0 Å². The van der Waals surface area contributed by atoms with Crippen molar-refractivity contribution >= 4 is 33.1 Å². The SMILES string of the molecule is COc1ccc(C(=O)COC(=O)CCNS(=O)(=O)c2cccs2)cc1F. The Bertz CT molecular complexity index is 880. The number of rotatable bonds is 9. The topological polar surface area (TPSA) is 98.8 Å². The van der Waals surface area contributed by atoms with Crippen LogP contribution in [0.3, 0.4) is 0 Å². The van der Waals surface area contributed by atoms with Gasteiger partial charge in [0, 0.05) is 12.1 Å². The van der Waals surface area contributed by atoms with Crippen molar-refractivity contribution in [3.8, 4) is 5.75 Å². The summed E-state index contributed by atoms with van der Waals surface area (Å²) in [6, 6.07) is 6.68. The first kappa shape index (κ1) is 20.0. The summed E-state index contributed by atoms with van der Waals surface area (Å²) in [5.41, 5.74) is 0.0366. The third kappa shape index (κ3) is 5.35. The van der Waals surface area contributed by atoms with Gasteiger partial charge in [0.15, 0.2) is 24.0 Å². The summed E-state index contributed by atoms with van der Waals surface area (Å²) >= 11 is 1.05. The number of Topliss-reactive ketones (excluding diaryl/α,β-unsaturated/α-hetero) is 1. The molecule has 1 heterocycles. The van der Waals surface area contributed by atoms with Gasteiger partial charge in [-0.1, -0.05) is 6.07 Å². The fourth-order valence-electron chi connectivity index (χ4n) is 1.92. The van der Waals surface area contributed by atoms with E-state index in [4.69, 9.17) is 9.47 Å². The molecular formula is C16H16FNO6S2. The van der Waals surface area contributed by atoms with Gasteiger partial charge < -0.3 is 9.47 Å². The molecule has 0 radical (unpaired) electrons. The highest BCUT2D eigenvalue weighted by atomic mass is 32.2. The van der Waals surface area contributed by atoms with Gasteiger partial charge in [0.2, 0.25) is 10.0 Å².